The minimum Gasteiger partial charge on any atom is -0.453 e. The Kier molecular flexibility index (Phi) is 13.8. The molecule has 2 unspecified atom stereocenters. The van der Waals surface area contributed by atoms with E-state index in [1.54, 1.807) is 4.90 Å². The van der Waals surface area contributed by atoms with Crippen LogP contribution in [0.5, 0.6) is 0 Å². The first-order valence-corrected chi connectivity index (χ1v) is 25.0. The molecule has 364 valence electrons. The van der Waals surface area contributed by atoms with Crippen molar-refractivity contribution in [3.05, 3.63) is 83.3 Å². The van der Waals surface area contributed by atoms with Crippen molar-refractivity contribution in [3.8, 4) is 22.4 Å². The van der Waals surface area contributed by atoms with Crippen LogP contribution < -0.4 is 10.6 Å². The van der Waals surface area contributed by atoms with Crippen molar-refractivity contribution in [1.29, 1.82) is 0 Å². The Morgan fingerprint density at radius 2 is 1.38 bits per heavy atom. The van der Waals surface area contributed by atoms with Crippen LogP contribution in [0.1, 0.15) is 120 Å². The lowest BCUT2D eigenvalue weighted by molar-refractivity contribution is -0.135. The number of amides is 5. The Morgan fingerprint density at radius 3 is 2.04 bits per heavy atom. The van der Waals surface area contributed by atoms with Gasteiger partial charge in [-0.25, -0.2) is 19.6 Å². The van der Waals surface area contributed by atoms with Gasteiger partial charge >= 0.3 is 12.2 Å². The van der Waals surface area contributed by atoms with Crippen molar-refractivity contribution < 1.29 is 33.4 Å². The number of rotatable bonds is 12. The van der Waals surface area contributed by atoms with E-state index in [0.717, 1.165) is 65.9 Å². The third-order valence-electron chi connectivity index (χ3n) is 15.7. The zero-order chi connectivity index (χ0) is 48.6. The number of amidine groups is 1. The largest absolute Gasteiger partial charge is 0.453 e. The van der Waals surface area contributed by atoms with E-state index in [1.165, 1.54) is 63.0 Å². The molecule has 1 aromatic heterocycles. The second-order valence-electron chi connectivity index (χ2n) is 20.3. The van der Waals surface area contributed by atoms with Crippen molar-refractivity contribution >= 4 is 47.0 Å². The number of aromatic amines is 1. The highest BCUT2D eigenvalue weighted by molar-refractivity contribution is 6.24. The maximum atomic E-state index is 14.0. The third kappa shape index (κ3) is 9.40. The summed E-state index contributed by atoms with van der Waals surface area (Å²) >= 11 is 0. The Morgan fingerprint density at radius 1 is 0.768 bits per heavy atom. The van der Waals surface area contributed by atoms with Gasteiger partial charge in [0.15, 0.2) is 5.84 Å². The summed E-state index contributed by atoms with van der Waals surface area (Å²) in [6, 6.07) is 11.0. The van der Waals surface area contributed by atoms with Crippen LogP contribution in [0, 0.1) is 23.2 Å². The maximum absolute atomic E-state index is 14.0. The lowest BCUT2D eigenvalue weighted by Crippen LogP contribution is -2.54. The third-order valence-corrected chi connectivity index (χ3v) is 15.7. The predicted molar refractivity (Wildman–Crippen MR) is 264 cm³/mol. The summed E-state index contributed by atoms with van der Waals surface area (Å²) in [6.45, 7) is 8.80. The van der Waals surface area contributed by atoms with Crippen LogP contribution in [0.25, 0.3) is 28.0 Å². The van der Waals surface area contributed by atoms with E-state index < -0.39 is 36.2 Å². The van der Waals surface area contributed by atoms with E-state index in [1.807, 2.05) is 50.9 Å². The van der Waals surface area contributed by atoms with Crippen LogP contribution in [0.15, 0.2) is 70.8 Å². The zero-order valence-corrected chi connectivity index (χ0v) is 40.8. The fraction of sp³-hybridized carbons (Fsp3) is 0.519. The molecule has 1 spiro atoms. The Labute approximate surface area is 404 Å². The van der Waals surface area contributed by atoms with Crippen LogP contribution >= 0.6 is 0 Å². The van der Waals surface area contributed by atoms with Gasteiger partial charge in [-0.1, -0.05) is 102 Å². The van der Waals surface area contributed by atoms with Gasteiger partial charge in [0.05, 0.1) is 43.9 Å². The first-order chi connectivity index (χ1) is 33.3. The number of hydrogen-bond acceptors (Lipinski definition) is 9. The minimum absolute atomic E-state index is 0.116. The molecule has 3 aromatic rings. The summed E-state index contributed by atoms with van der Waals surface area (Å²) in [7, 11) is 2.58. The van der Waals surface area contributed by atoms with Gasteiger partial charge in [-0.05, 0) is 114 Å². The van der Waals surface area contributed by atoms with Gasteiger partial charge < -0.3 is 34.9 Å². The Balaban J connectivity index is 0.948. The molecule has 69 heavy (non-hydrogen) atoms. The van der Waals surface area contributed by atoms with Crippen molar-refractivity contribution in [2.24, 2.45) is 33.2 Å². The quantitative estimate of drug-likeness (QED) is 0.161. The number of ether oxygens (including phenoxy) is 2. The monoisotopic (exact) mass is 939 g/mol. The highest BCUT2D eigenvalue weighted by Crippen LogP contribution is 2.52. The summed E-state index contributed by atoms with van der Waals surface area (Å²) in [5, 5.41) is 5.46. The highest BCUT2D eigenvalue weighted by Gasteiger charge is 2.43. The number of benzene rings is 2. The number of fused-ring (bicyclic) bond motifs is 2. The van der Waals surface area contributed by atoms with Crippen LogP contribution in [0.3, 0.4) is 0 Å². The van der Waals surface area contributed by atoms with Gasteiger partial charge in [-0.3, -0.25) is 14.4 Å². The minimum atomic E-state index is -0.766. The van der Waals surface area contributed by atoms with Crippen molar-refractivity contribution in [2.45, 2.75) is 129 Å². The van der Waals surface area contributed by atoms with Gasteiger partial charge in [0.2, 0.25) is 11.8 Å². The maximum Gasteiger partial charge on any atom is 0.407 e. The average Bonchev–Trinajstić information content (AvgIpc) is 4.21. The molecule has 15 heteroatoms. The average molecular weight is 939 g/mol. The summed E-state index contributed by atoms with van der Waals surface area (Å²) in [6.07, 6.45) is 18.4. The van der Waals surface area contributed by atoms with Gasteiger partial charge in [-0.15, -0.1) is 0 Å². The number of carbonyl (C=O) groups excluding carboxylic acids is 5. The number of hydrogen-bond donors (Lipinski definition) is 3. The normalized spacial score (nSPS) is 22.9. The summed E-state index contributed by atoms with van der Waals surface area (Å²) in [4.78, 5) is 87.3. The van der Waals surface area contributed by atoms with Gasteiger partial charge in [-0.2, -0.15) is 4.99 Å². The lowest BCUT2D eigenvalue weighted by atomic mass is 9.72. The number of imidazole rings is 1. The smallest absolute Gasteiger partial charge is 0.407 e. The standard InChI is InChI=1S/C54H66N8O7/c1-7-32(4)46(59-53(67)69-6)51(65)62-26-12-14-44(62)48-56-41-22-19-35(27-38(41)49(63)60-48)37-21-20-36(39-28-54(29-40(37)39)23-9-8-10-24-54)33-15-17-34(18-16-33)42-30-55-47(57-42)43-13-11-25-61(43)50(64)45(31(2)3)58-52(66)68-5/h15-22,27,30-32,38,43-46H,7-14,23-26,28-29H2,1-6H3,(H,55,57)(H,58,66)(H,59,67)/t32?,38?,43-,44-,45-,46-/m0/s1. The number of methoxy groups -OCH3 is 2. The van der Waals surface area contributed by atoms with Gasteiger partial charge in [0, 0.05) is 13.1 Å². The first-order valence-electron chi connectivity index (χ1n) is 25.0. The fourth-order valence-corrected chi connectivity index (χ4v) is 11.7. The molecule has 3 N–H and O–H groups in total. The summed E-state index contributed by atoms with van der Waals surface area (Å²) in [5.41, 5.74) is 9.96. The number of carbonyl (C=O) groups is 5. The summed E-state index contributed by atoms with van der Waals surface area (Å²) in [5.74, 6) is -0.433. The van der Waals surface area contributed by atoms with Crippen molar-refractivity contribution in [2.75, 3.05) is 27.3 Å². The van der Waals surface area contributed by atoms with E-state index in [2.05, 4.69) is 63.1 Å². The van der Waals surface area contributed by atoms with Crippen LogP contribution in [-0.2, 0) is 36.7 Å². The molecule has 2 aromatic carbocycles. The summed E-state index contributed by atoms with van der Waals surface area (Å²) < 4.78 is 9.64. The zero-order valence-electron chi connectivity index (χ0n) is 40.8. The topological polar surface area (TPSA) is 188 Å². The van der Waals surface area contributed by atoms with E-state index in [9.17, 15) is 24.0 Å². The van der Waals surface area contributed by atoms with Crippen LogP contribution in [0.2, 0.25) is 0 Å². The molecule has 0 bridgehead atoms. The number of aliphatic imine (C=N–C) groups is 2. The number of allylic oxidation sites excluding steroid dienone is 3. The molecule has 3 aliphatic heterocycles. The molecule has 15 nitrogen and oxygen atoms in total. The predicted octanol–water partition coefficient (Wildman–Crippen LogP) is 8.55. The molecule has 9 rings (SSSR count). The molecule has 4 heterocycles. The van der Waals surface area contributed by atoms with Crippen molar-refractivity contribution in [3.63, 3.8) is 0 Å². The Hall–Kier alpha value is -6.38. The molecule has 0 radical (unpaired) electrons. The van der Waals surface area contributed by atoms with Gasteiger partial charge in [0.1, 0.15) is 23.8 Å². The number of likely N-dealkylation sites (tertiary alicyclic amines) is 2. The first kappa shape index (κ1) is 47.7. The number of nitrogens with zero attached hydrogens (tertiary/aromatic N) is 5. The molecule has 5 amide bonds. The van der Waals surface area contributed by atoms with Crippen LogP contribution in [-0.4, -0.2) is 107 Å². The molecular weight excluding hydrogens is 873 g/mol. The second kappa shape index (κ2) is 19.9. The van der Waals surface area contributed by atoms with E-state index in [4.69, 9.17) is 19.5 Å². The van der Waals surface area contributed by atoms with Crippen LogP contribution in [0.4, 0.5) is 9.59 Å². The van der Waals surface area contributed by atoms with Crippen molar-refractivity contribution in [1.82, 2.24) is 30.4 Å². The Bertz CT molecular complexity index is 2620. The van der Waals surface area contributed by atoms with E-state index in [-0.39, 0.29) is 41.0 Å². The SMILES string of the molecule is CCC(C)[C@H](NC(=O)OC)C(=O)N1CCC[C@H]1C1=NC(=O)C2C=C(c3ccc(-c4ccc(-c5cnc([C@@H]6CCCN6C(=O)[C@@H](NC(=O)OC)C(C)C)[nH]5)cc4)c4c3CC3(CCCCC3)C4)C=CC2=N1. The molecule has 1 saturated carbocycles. The number of aromatic nitrogens is 2. The number of H-pyrrole nitrogens is 1. The number of nitrogens with one attached hydrogen (secondary N) is 3. The van der Waals surface area contributed by atoms with Gasteiger partial charge in [0.25, 0.3) is 5.91 Å². The highest BCUT2D eigenvalue weighted by atomic mass is 16.5. The lowest BCUT2D eigenvalue weighted by Gasteiger charge is -2.33. The molecule has 2 saturated heterocycles. The second-order valence-corrected chi connectivity index (χ2v) is 20.3. The molecule has 3 aliphatic carbocycles. The fourth-order valence-electron chi connectivity index (χ4n) is 11.7. The van der Waals surface area contributed by atoms with E-state index >= 15 is 0 Å². The molecule has 6 aliphatic rings. The van der Waals surface area contributed by atoms with E-state index in [0.29, 0.717) is 37.5 Å². The molecule has 3 fully saturated rings. The molecular formula is C54H66N8O7. The molecule has 6 atom stereocenters. The number of alkyl carbamates (subject to hydrolysis) is 2.